The minimum Gasteiger partial charge on any atom is -0.475 e. The van der Waals surface area contributed by atoms with Crippen molar-refractivity contribution in [2.45, 2.75) is 108 Å². The summed E-state index contributed by atoms with van der Waals surface area (Å²) in [4.78, 5) is 54.4. The SMILES string of the molecule is COC1CCC([C@@H]2CC(c3c(C(=O)O)oc4ccccc34)N(C(=O)C3CCC(C(CF)NC(=O)OC(C)(C)C)CC3)[C@@H]2C(N)=O)CC1. The van der Waals surface area contributed by atoms with Crippen LogP contribution in [0.4, 0.5) is 9.18 Å². The van der Waals surface area contributed by atoms with E-state index in [1.54, 1.807) is 57.0 Å². The van der Waals surface area contributed by atoms with Crippen molar-refractivity contribution < 1.29 is 42.6 Å². The Bertz CT molecular complexity index is 1450. The van der Waals surface area contributed by atoms with Crippen LogP contribution in [0.5, 0.6) is 0 Å². The van der Waals surface area contributed by atoms with Crippen molar-refractivity contribution in [3.8, 4) is 0 Å². The van der Waals surface area contributed by atoms with Crippen molar-refractivity contribution in [3.63, 3.8) is 0 Å². The summed E-state index contributed by atoms with van der Waals surface area (Å²) in [6.45, 7) is 4.44. The van der Waals surface area contributed by atoms with Crippen LogP contribution in [0.3, 0.4) is 0 Å². The predicted octanol–water partition coefficient (Wildman–Crippen LogP) is 5.75. The number of carboxylic acids is 1. The van der Waals surface area contributed by atoms with E-state index < -0.39 is 54.3 Å². The van der Waals surface area contributed by atoms with Gasteiger partial charge in [0, 0.05) is 24.0 Å². The molecule has 0 radical (unpaired) electrons. The zero-order valence-electron chi connectivity index (χ0n) is 27.7. The van der Waals surface area contributed by atoms with Gasteiger partial charge in [0.25, 0.3) is 0 Å². The maximum Gasteiger partial charge on any atom is 0.407 e. The summed E-state index contributed by atoms with van der Waals surface area (Å²) in [6.07, 6.45) is 4.91. The number of aromatic carboxylic acids is 1. The second-order valence-corrected chi connectivity index (χ2v) is 14.4. The smallest absolute Gasteiger partial charge is 0.407 e. The second-order valence-electron chi connectivity index (χ2n) is 14.4. The zero-order chi connectivity index (χ0) is 34.0. The number of carbonyl (C=O) groups excluding carboxylic acids is 3. The van der Waals surface area contributed by atoms with E-state index in [9.17, 15) is 28.7 Å². The number of para-hydroxylation sites is 1. The van der Waals surface area contributed by atoms with E-state index in [0.717, 1.165) is 25.7 Å². The van der Waals surface area contributed by atoms with E-state index in [0.29, 0.717) is 48.6 Å². The number of nitrogens with zero attached hydrogens (tertiary/aromatic N) is 1. The molecule has 2 saturated carbocycles. The van der Waals surface area contributed by atoms with Crippen molar-refractivity contribution >= 4 is 34.8 Å². The van der Waals surface area contributed by atoms with E-state index in [1.807, 2.05) is 0 Å². The number of hydrogen-bond acceptors (Lipinski definition) is 7. The van der Waals surface area contributed by atoms with Gasteiger partial charge in [-0.05, 0) is 102 Å². The molecule has 2 aromatic rings. The van der Waals surface area contributed by atoms with Gasteiger partial charge in [-0.15, -0.1) is 0 Å². The predicted molar refractivity (Wildman–Crippen MR) is 171 cm³/mol. The number of carboxylic acid groups (broad SMARTS) is 1. The van der Waals surface area contributed by atoms with Crippen LogP contribution in [0, 0.1) is 23.7 Å². The van der Waals surface area contributed by atoms with Gasteiger partial charge >= 0.3 is 12.1 Å². The fourth-order valence-corrected chi connectivity index (χ4v) is 8.27. The normalized spacial score (nSPS) is 29.0. The number of ether oxygens (including phenoxy) is 2. The Morgan fingerprint density at radius 1 is 1.06 bits per heavy atom. The molecule has 3 amide bonds. The lowest BCUT2D eigenvalue weighted by atomic mass is 9.74. The van der Waals surface area contributed by atoms with Gasteiger partial charge in [0.05, 0.1) is 18.2 Å². The molecule has 4 N–H and O–H groups in total. The van der Waals surface area contributed by atoms with Gasteiger partial charge in [-0.25, -0.2) is 14.0 Å². The molecule has 5 rings (SSSR count). The summed E-state index contributed by atoms with van der Waals surface area (Å²) in [5.74, 6) is -3.21. The number of hydrogen-bond donors (Lipinski definition) is 3. The van der Waals surface area contributed by atoms with Gasteiger partial charge in [0.1, 0.15) is 23.9 Å². The standard InChI is InChI=1S/C35H48FN3O8/c1-35(2,3)47-34(44)38-25(18-36)20-9-11-21(12-10-20)32(41)39-26(28-23-7-5-6-8-27(23)46-30(28)33(42)43)17-24(29(39)31(37)40)19-13-15-22(45-4)16-14-19/h5-8,19-22,24-26,29H,9-18H2,1-4H3,(H2,37,40)(H,38,44)(H,42,43)/t19?,20?,21?,22?,24-,25?,26?,29-/m0/s1. The molecular weight excluding hydrogens is 609 g/mol. The van der Waals surface area contributed by atoms with Crippen molar-refractivity contribution in [2.24, 2.45) is 29.4 Å². The number of likely N-dealkylation sites (tertiary alicyclic amines) is 1. The minimum atomic E-state index is -1.25. The average molecular weight is 658 g/mol. The first-order valence-corrected chi connectivity index (χ1v) is 16.8. The molecule has 11 nitrogen and oxygen atoms in total. The summed E-state index contributed by atoms with van der Waals surface area (Å²) in [7, 11) is 1.69. The fourth-order valence-electron chi connectivity index (χ4n) is 8.27. The highest BCUT2D eigenvalue weighted by atomic mass is 19.1. The average Bonchev–Trinajstić information content (AvgIpc) is 3.62. The van der Waals surface area contributed by atoms with Crippen molar-refractivity contribution in [1.29, 1.82) is 0 Å². The number of alkyl halides is 1. The third-order valence-electron chi connectivity index (χ3n) is 10.5. The van der Waals surface area contributed by atoms with Gasteiger partial charge in [-0.2, -0.15) is 0 Å². The van der Waals surface area contributed by atoms with Crippen LogP contribution in [-0.2, 0) is 19.1 Å². The molecular formula is C35H48FN3O8. The van der Waals surface area contributed by atoms with Crippen LogP contribution < -0.4 is 11.1 Å². The fraction of sp³-hybridized carbons (Fsp3) is 0.657. The first kappa shape index (κ1) is 34.7. The molecule has 0 bridgehead atoms. The Labute approximate surface area is 274 Å². The summed E-state index contributed by atoms with van der Waals surface area (Å²) in [5.41, 5.74) is 6.16. The van der Waals surface area contributed by atoms with Crippen molar-refractivity contribution in [3.05, 3.63) is 35.6 Å². The number of primary amides is 1. The molecule has 2 heterocycles. The Morgan fingerprint density at radius 2 is 1.72 bits per heavy atom. The molecule has 0 spiro atoms. The molecule has 1 aromatic heterocycles. The topological polar surface area (TPSA) is 161 Å². The zero-order valence-corrected chi connectivity index (χ0v) is 27.7. The summed E-state index contributed by atoms with van der Waals surface area (Å²) in [6, 6.07) is 4.61. The van der Waals surface area contributed by atoms with E-state index in [-0.39, 0.29) is 35.5 Å². The van der Waals surface area contributed by atoms with Crippen molar-refractivity contribution in [2.75, 3.05) is 13.8 Å². The number of alkyl carbamates (subject to hydrolysis) is 1. The molecule has 3 aliphatic rings. The second kappa shape index (κ2) is 14.2. The monoisotopic (exact) mass is 657 g/mol. The lowest BCUT2D eigenvalue weighted by Crippen LogP contribution is -2.51. The van der Waals surface area contributed by atoms with Crippen LogP contribution in [0.2, 0.25) is 0 Å². The van der Waals surface area contributed by atoms with Crippen LogP contribution >= 0.6 is 0 Å². The number of fused-ring (bicyclic) bond motifs is 1. The van der Waals surface area contributed by atoms with Gasteiger partial charge in [-0.3, -0.25) is 9.59 Å². The lowest BCUT2D eigenvalue weighted by Gasteiger charge is -2.38. The largest absolute Gasteiger partial charge is 0.475 e. The van der Waals surface area contributed by atoms with Crippen molar-refractivity contribution in [1.82, 2.24) is 10.2 Å². The van der Waals surface area contributed by atoms with Gasteiger partial charge in [0.2, 0.25) is 17.6 Å². The molecule has 3 fully saturated rings. The highest BCUT2D eigenvalue weighted by Gasteiger charge is 2.53. The Morgan fingerprint density at radius 3 is 2.30 bits per heavy atom. The van der Waals surface area contributed by atoms with Gasteiger partial charge in [-0.1, -0.05) is 18.2 Å². The number of methoxy groups -OCH3 is 1. The number of rotatable bonds is 9. The molecule has 12 heteroatoms. The number of amides is 3. The third-order valence-corrected chi connectivity index (χ3v) is 10.5. The molecule has 2 aliphatic carbocycles. The number of halogens is 1. The van der Waals surface area contributed by atoms with E-state index in [4.69, 9.17) is 19.6 Å². The Hall–Kier alpha value is -3.67. The van der Waals surface area contributed by atoms with Crippen LogP contribution in [0.25, 0.3) is 11.0 Å². The molecule has 1 aromatic carbocycles. The van der Waals surface area contributed by atoms with E-state index >= 15 is 0 Å². The summed E-state index contributed by atoms with van der Waals surface area (Å²) in [5, 5.41) is 13.4. The third kappa shape index (κ3) is 7.42. The number of furan rings is 1. The van der Waals surface area contributed by atoms with E-state index in [1.165, 1.54) is 0 Å². The maximum absolute atomic E-state index is 14.6. The molecule has 258 valence electrons. The first-order valence-electron chi connectivity index (χ1n) is 16.8. The van der Waals surface area contributed by atoms with Gasteiger partial charge in [0.15, 0.2) is 0 Å². The van der Waals surface area contributed by atoms with Crippen LogP contribution in [0.15, 0.2) is 28.7 Å². The Kier molecular flexibility index (Phi) is 10.5. The molecule has 4 atom stereocenters. The van der Waals surface area contributed by atoms with E-state index in [2.05, 4.69) is 5.32 Å². The highest BCUT2D eigenvalue weighted by Crippen LogP contribution is 2.51. The van der Waals surface area contributed by atoms with Crippen LogP contribution in [0.1, 0.15) is 101 Å². The molecule has 47 heavy (non-hydrogen) atoms. The number of nitrogens with two attached hydrogens (primary N) is 1. The molecule has 2 unspecified atom stereocenters. The number of benzene rings is 1. The van der Waals surface area contributed by atoms with Crippen LogP contribution in [-0.4, -0.2) is 71.5 Å². The molecule has 1 saturated heterocycles. The Balaban J connectivity index is 1.43. The minimum absolute atomic E-state index is 0.102. The summed E-state index contributed by atoms with van der Waals surface area (Å²) >= 11 is 0. The first-order chi connectivity index (χ1) is 22.3. The summed E-state index contributed by atoms with van der Waals surface area (Å²) < 4.78 is 30.8. The number of carbonyl (C=O) groups is 4. The lowest BCUT2D eigenvalue weighted by molar-refractivity contribution is -0.145. The maximum atomic E-state index is 14.6. The number of nitrogens with one attached hydrogen (secondary N) is 1. The molecule has 1 aliphatic heterocycles. The van der Waals surface area contributed by atoms with Gasteiger partial charge < -0.3 is 34.9 Å². The highest BCUT2D eigenvalue weighted by molar-refractivity contribution is 5.97. The quantitative estimate of drug-likeness (QED) is 0.307.